The van der Waals surface area contributed by atoms with E-state index in [1.165, 1.54) is 38.6 Å². The Morgan fingerprint density at radius 1 is 0.469 bits per heavy atom. The lowest BCUT2D eigenvalue weighted by Crippen LogP contribution is -2.14. The van der Waals surface area contributed by atoms with Crippen molar-refractivity contribution < 1.29 is 4.42 Å². The highest BCUT2D eigenvalue weighted by molar-refractivity contribution is 6.23. The lowest BCUT2D eigenvalue weighted by Gasteiger charge is -2.30. The molecule has 4 nitrogen and oxygen atoms in total. The molecule has 9 aromatic rings. The number of nitrogens with zero attached hydrogens (tertiary/aromatic N) is 3. The largest absolute Gasteiger partial charge is 0.455 e. The van der Waals surface area contributed by atoms with Gasteiger partial charge in [0.1, 0.15) is 11.2 Å². The quantitative estimate of drug-likeness (QED) is 0.195. The number of para-hydroxylation sites is 1. The molecule has 2 heterocycles. The van der Waals surface area contributed by atoms with Gasteiger partial charge in [-0.05, 0) is 45.7 Å². The van der Waals surface area contributed by atoms with Crippen LogP contribution in [0.25, 0.3) is 78.0 Å². The van der Waals surface area contributed by atoms with Crippen molar-refractivity contribution in [2.75, 3.05) is 0 Å². The van der Waals surface area contributed by atoms with E-state index in [0.717, 1.165) is 45.0 Å². The van der Waals surface area contributed by atoms with Gasteiger partial charge in [-0.15, -0.1) is 0 Å². The van der Waals surface area contributed by atoms with Gasteiger partial charge < -0.3 is 4.42 Å². The van der Waals surface area contributed by atoms with E-state index in [-0.39, 0.29) is 5.92 Å². The van der Waals surface area contributed by atoms with Gasteiger partial charge in [0.05, 0.1) is 0 Å². The Morgan fingerprint density at radius 3 is 1.67 bits per heavy atom. The molecular weight excluding hydrogens is 599 g/mol. The first-order chi connectivity index (χ1) is 24.3. The van der Waals surface area contributed by atoms with Crippen LogP contribution in [0.1, 0.15) is 22.6 Å². The topological polar surface area (TPSA) is 51.8 Å². The number of fused-ring (bicyclic) bond motifs is 10. The molecule has 10 rings (SSSR count). The minimum Gasteiger partial charge on any atom is -0.455 e. The third-order valence-corrected chi connectivity index (χ3v) is 9.91. The van der Waals surface area contributed by atoms with Crippen molar-refractivity contribution in [1.29, 1.82) is 0 Å². The van der Waals surface area contributed by atoms with E-state index >= 15 is 0 Å². The molecule has 0 saturated carbocycles. The molecule has 0 aliphatic heterocycles. The molecule has 0 bridgehead atoms. The van der Waals surface area contributed by atoms with Crippen molar-refractivity contribution in [2.45, 2.75) is 12.3 Å². The van der Waals surface area contributed by atoms with Crippen LogP contribution >= 0.6 is 0 Å². The summed E-state index contributed by atoms with van der Waals surface area (Å²) in [5.74, 6) is 2.13. The number of hydrogen-bond donors (Lipinski definition) is 0. The Labute approximate surface area is 283 Å². The predicted molar refractivity (Wildman–Crippen MR) is 198 cm³/mol. The van der Waals surface area contributed by atoms with Crippen molar-refractivity contribution in [3.63, 3.8) is 0 Å². The van der Waals surface area contributed by atoms with E-state index in [9.17, 15) is 0 Å². The zero-order valence-electron chi connectivity index (χ0n) is 26.5. The fourth-order valence-electron chi connectivity index (χ4n) is 7.66. The van der Waals surface area contributed by atoms with Crippen LogP contribution in [-0.2, 0) is 6.42 Å². The second-order valence-electron chi connectivity index (χ2n) is 12.7. The fourth-order valence-corrected chi connectivity index (χ4v) is 7.66. The van der Waals surface area contributed by atoms with Crippen LogP contribution < -0.4 is 0 Å². The summed E-state index contributed by atoms with van der Waals surface area (Å²) in [5.41, 5.74) is 11.3. The van der Waals surface area contributed by atoms with Crippen molar-refractivity contribution in [1.82, 2.24) is 15.0 Å². The van der Waals surface area contributed by atoms with Crippen LogP contribution in [0.2, 0.25) is 0 Å². The van der Waals surface area contributed by atoms with Gasteiger partial charge in [-0.25, -0.2) is 15.0 Å². The highest BCUT2D eigenvalue weighted by atomic mass is 16.3. The van der Waals surface area contributed by atoms with E-state index in [1.54, 1.807) is 0 Å². The maximum absolute atomic E-state index is 6.62. The van der Waals surface area contributed by atoms with Crippen molar-refractivity contribution in [3.05, 3.63) is 174 Å². The standard InChI is InChI=1S/C45H29N3O/c1-3-13-29(14-4-1)43-46-44(30-15-5-2-6-16-30)48-45(47-43)31-25-23-28(24-26-31)37-27-32-17-7-8-18-33(32)40-39(37)34-19-9-10-20-35(34)42-41(40)36-21-11-12-22-38(36)49-42/h1-26,37H,27H2. The van der Waals surface area contributed by atoms with E-state index in [4.69, 9.17) is 19.4 Å². The third-order valence-electron chi connectivity index (χ3n) is 9.91. The number of furan rings is 1. The lowest BCUT2D eigenvalue weighted by molar-refractivity contribution is 0.672. The molecule has 230 valence electrons. The smallest absolute Gasteiger partial charge is 0.164 e. The van der Waals surface area contributed by atoms with Crippen LogP contribution in [0.5, 0.6) is 0 Å². The van der Waals surface area contributed by atoms with Crippen molar-refractivity contribution in [2.24, 2.45) is 0 Å². The lowest BCUT2D eigenvalue weighted by atomic mass is 9.72. The van der Waals surface area contributed by atoms with E-state index in [1.807, 2.05) is 60.7 Å². The summed E-state index contributed by atoms with van der Waals surface area (Å²) < 4.78 is 6.62. The summed E-state index contributed by atoms with van der Waals surface area (Å²) in [6, 6.07) is 55.1. The van der Waals surface area contributed by atoms with Gasteiger partial charge >= 0.3 is 0 Å². The van der Waals surface area contributed by atoms with E-state index < -0.39 is 0 Å². The number of benzene rings is 7. The van der Waals surface area contributed by atoms with E-state index in [2.05, 4.69) is 97.1 Å². The summed E-state index contributed by atoms with van der Waals surface area (Å²) in [7, 11) is 0. The van der Waals surface area contributed by atoms with Crippen LogP contribution in [0, 0.1) is 0 Å². The zero-order chi connectivity index (χ0) is 32.3. The first-order valence-corrected chi connectivity index (χ1v) is 16.7. The van der Waals surface area contributed by atoms with Crippen LogP contribution in [-0.4, -0.2) is 15.0 Å². The van der Waals surface area contributed by atoms with Crippen LogP contribution in [0.3, 0.4) is 0 Å². The molecule has 0 radical (unpaired) electrons. The Hall–Kier alpha value is -6.39. The molecular formula is C45H29N3O. The van der Waals surface area contributed by atoms with Crippen molar-refractivity contribution >= 4 is 32.7 Å². The molecule has 0 N–H and O–H groups in total. The van der Waals surface area contributed by atoms with Gasteiger partial charge in [-0.1, -0.05) is 152 Å². The van der Waals surface area contributed by atoms with Crippen molar-refractivity contribution in [3.8, 4) is 45.3 Å². The molecule has 1 unspecified atom stereocenters. The SMILES string of the molecule is c1ccc(-c2nc(-c3ccccc3)nc(-c3ccc(C4Cc5ccccc5-c5c4c4ccccc4c4oc6ccccc6c54)cc3)n2)cc1. The van der Waals surface area contributed by atoms with Crippen LogP contribution in [0.4, 0.5) is 0 Å². The fraction of sp³-hybridized carbons (Fsp3) is 0.0444. The second-order valence-corrected chi connectivity index (χ2v) is 12.7. The predicted octanol–water partition coefficient (Wildman–Crippen LogP) is 11.3. The number of rotatable bonds is 4. The van der Waals surface area contributed by atoms with Gasteiger partial charge in [0.2, 0.25) is 0 Å². The highest BCUT2D eigenvalue weighted by Gasteiger charge is 2.32. The molecule has 0 saturated heterocycles. The third kappa shape index (κ3) is 4.49. The van der Waals surface area contributed by atoms with Gasteiger partial charge in [-0.3, -0.25) is 0 Å². The Bertz CT molecular complexity index is 2620. The van der Waals surface area contributed by atoms with Gasteiger partial charge in [0.15, 0.2) is 17.5 Å². The average Bonchev–Trinajstić information content (AvgIpc) is 3.58. The molecule has 0 amide bonds. The monoisotopic (exact) mass is 627 g/mol. The Balaban J connectivity index is 1.16. The van der Waals surface area contributed by atoms with Gasteiger partial charge in [-0.2, -0.15) is 0 Å². The molecule has 49 heavy (non-hydrogen) atoms. The Kier molecular flexibility index (Phi) is 6.28. The minimum absolute atomic E-state index is 0.153. The van der Waals surface area contributed by atoms with Gasteiger partial charge in [0, 0.05) is 38.8 Å². The molecule has 1 atom stereocenters. The molecule has 0 fully saturated rings. The minimum atomic E-state index is 0.153. The molecule has 7 aromatic carbocycles. The molecule has 1 aliphatic rings. The summed E-state index contributed by atoms with van der Waals surface area (Å²) in [6.45, 7) is 0. The molecule has 0 spiro atoms. The summed E-state index contributed by atoms with van der Waals surface area (Å²) in [6.07, 6.45) is 0.913. The highest BCUT2D eigenvalue weighted by Crippen LogP contribution is 2.52. The normalized spacial score (nSPS) is 13.8. The van der Waals surface area contributed by atoms with Gasteiger partial charge in [0.25, 0.3) is 0 Å². The molecule has 2 aromatic heterocycles. The zero-order valence-corrected chi connectivity index (χ0v) is 26.5. The number of hydrogen-bond acceptors (Lipinski definition) is 4. The first-order valence-electron chi connectivity index (χ1n) is 16.7. The second kappa shape index (κ2) is 11.1. The summed E-state index contributed by atoms with van der Waals surface area (Å²) >= 11 is 0. The summed E-state index contributed by atoms with van der Waals surface area (Å²) in [4.78, 5) is 14.8. The summed E-state index contributed by atoms with van der Waals surface area (Å²) in [5, 5.41) is 4.75. The number of aromatic nitrogens is 3. The average molecular weight is 628 g/mol. The maximum Gasteiger partial charge on any atom is 0.164 e. The maximum atomic E-state index is 6.62. The Morgan fingerprint density at radius 2 is 1.00 bits per heavy atom. The van der Waals surface area contributed by atoms with Crippen LogP contribution in [0.15, 0.2) is 162 Å². The molecule has 1 aliphatic carbocycles. The first kappa shape index (κ1) is 27.7. The van der Waals surface area contributed by atoms with E-state index in [0.29, 0.717) is 17.5 Å². The molecule has 4 heteroatoms.